The minimum atomic E-state index is -0.927. The standard InChI is InChI=1S/C21H26N4O4/c1-12(2)16-11-24(8-7-22-16)10-13-3-4-14-15(9-13)21(29)25(20(14)28)17-5-6-18(26)23-19(17)27/h3-4,9,12,16-17,22H,5-8,10-11H2,1-2H3,(H,23,26,27)/t16-,17?/m1/s1. The van der Waals surface area contributed by atoms with Gasteiger partial charge in [0.25, 0.3) is 11.8 Å². The van der Waals surface area contributed by atoms with E-state index in [4.69, 9.17) is 0 Å². The molecule has 29 heavy (non-hydrogen) atoms. The van der Waals surface area contributed by atoms with Crippen molar-refractivity contribution in [2.24, 2.45) is 5.92 Å². The normalized spacial score (nSPS) is 25.6. The number of piperazine rings is 1. The van der Waals surface area contributed by atoms with Crippen LogP contribution >= 0.6 is 0 Å². The third-order valence-corrected chi connectivity index (χ3v) is 6.00. The zero-order valence-corrected chi connectivity index (χ0v) is 16.7. The molecule has 0 spiro atoms. The minimum Gasteiger partial charge on any atom is -0.311 e. The van der Waals surface area contributed by atoms with Crippen LogP contribution in [0.15, 0.2) is 18.2 Å². The van der Waals surface area contributed by atoms with Crippen molar-refractivity contribution >= 4 is 23.6 Å². The van der Waals surface area contributed by atoms with Gasteiger partial charge in [0, 0.05) is 38.6 Å². The summed E-state index contributed by atoms with van der Waals surface area (Å²) >= 11 is 0. The topological polar surface area (TPSA) is 98.8 Å². The highest BCUT2D eigenvalue weighted by atomic mass is 16.2. The molecule has 1 unspecified atom stereocenters. The molecule has 0 saturated carbocycles. The lowest BCUT2D eigenvalue weighted by molar-refractivity contribution is -0.136. The monoisotopic (exact) mass is 398 g/mol. The highest BCUT2D eigenvalue weighted by Gasteiger charge is 2.44. The maximum Gasteiger partial charge on any atom is 0.262 e. The van der Waals surface area contributed by atoms with Crippen molar-refractivity contribution in [2.45, 2.75) is 45.3 Å². The Kier molecular flexibility index (Phi) is 5.23. The van der Waals surface area contributed by atoms with Gasteiger partial charge >= 0.3 is 0 Å². The van der Waals surface area contributed by atoms with Crippen LogP contribution < -0.4 is 10.6 Å². The maximum atomic E-state index is 12.9. The first-order valence-corrected chi connectivity index (χ1v) is 10.2. The van der Waals surface area contributed by atoms with E-state index in [9.17, 15) is 19.2 Å². The number of carbonyl (C=O) groups excluding carboxylic acids is 4. The SMILES string of the molecule is CC(C)[C@H]1CN(Cc2ccc3c(c2)C(=O)N(C2CCC(=O)NC2=O)C3=O)CCN1. The van der Waals surface area contributed by atoms with Crippen LogP contribution in [-0.2, 0) is 16.1 Å². The molecule has 2 saturated heterocycles. The van der Waals surface area contributed by atoms with E-state index in [1.165, 1.54) is 0 Å². The predicted octanol–water partition coefficient (Wildman–Crippen LogP) is 0.518. The van der Waals surface area contributed by atoms with Gasteiger partial charge in [0.2, 0.25) is 11.8 Å². The number of carbonyl (C=O) groups is 4. The van der Waals surface area contributed by atoms with Gasteiger partial charge in [-0.15, -0.1) is 0 Å². The summed E-state index contributed by atoms with van der Waals surface area (Å²) in [5.41, 5.74) is 1.64. The van der Waals surface area contributed by atoms with Gasteiger partial charge in [0.1, 0.15) is 6.04 Å². The van der Waals surface area contributed by atoms with E-state index in [0.717, 1.165) is 30.1 Å². The van der Waals surface area contributed by atoms with Crippen molar-refractivity contribution in [3.63, 3.8) is 0 Å². The Morgan fingerprint density at radius 2 is 1.86 bits per heavy atom. The molecular formula is C21H26N4O4. The van der Waals surface area contributed by atoms with E-state index < -0.39 is 23.8 Å². The van der Waals surface area contributed by atoms with Crippen molar-refractivity contribution < 1.29 is 19.2 Å². The van der Waals surface area contributed by atoms with Gasteiger partial charge in [-0.3, -0.25) is 34.3 Å². The van der Waals surface area contributed by atoms with E-state index in [1.54, 1.807) is 12.1 Å². The lowest BCUT2D eigenvalue weighted by Gasteiger charge is -2.35. The number of imide groups is 2. The van der Waals surface area contributed by atoms with Gasteiger partial charge in [-0.2, -0.15) is 0 Å². The Morgan fingerprint density at radius 3 is 2.59 bits per heavy atom. The molecule has 0 bridgehead atoms. The average Bonchev–Trinajstić information content (AvgIpc) is 2.93. The Balaban J connectivity index is 1.51. The molecule has 3 aliphatic heterocycles. The molecule has 0 radical (unpaired) electrons. The fourth-order valence-corrected chi connectivity index (χ4v) is 4.31. The number of hydrogen-bond donors (Lipinski definition) is 2. The van der Waals surface area contributed by atoms with Crippen LogP contribution in [0.25, 0.3) is 0 Å². The second kappa shape index (κ2) is 7.68. The molecule has 4 amide bonds. The molecule has 154 valence electrons. The predicted molar refractivity (Wildman–Crippen MR) is 105 cm³/mol. The van der Waals surface area contributed by atoms with Crippen LogP contribution in [0.3, 0.4) is 0 Å². The van der Waals surface area contributed by atoms with Crippen LogP contribution in [0.2, 0.25) is 0 Å². The van der Waals surface area contributed by atoms with Gasteiger partial charge in [0.05, 0.1) is 11.1 Å². The first-order chi connectivity index (χ1) is 13.8. The molecule has 0 aliphatic carbocycles. The quantitative estimate of drug-likeness (QED) is 0.718. The number of nitrogens with one attached hydrogen (secondary N) is 2. The molecule has 2 atom stereocenters. The molecule has 4 rings (SSSR count). The third kappa shape index (κ3) is 3.70. The zero-order valence-electron chi connectivity index (χ0n) is 16.7. The van der Waals surface area contributed by atoms with Crippen LogP contribution in [0.5, 0.6) is 0 Å². The van der Waals surface area contributed by atoms with E-state index in [-0.39, 0.29) is 18.7 Å². The molecule has 2 N–H and O–H groups in total. The molecule has 8 heteroatoms. The van der Waals surface area contributed by atoms with Crippen molar-refractivity contribution in [3.05, 3.63) is 34.9 Å². The van der Waals surface area contributed by atoms with Gasteiger partial charge in [-0.05, 0) is 30.0 Å². The smallest absolute Gasteiger partial charge is 0.262 e. The number of rotatable bonds is 4. The van der Waals surface area contributed by atoms with E-state index >= 15 is 0 Å². The Bertz CT molecular complexity index is 881. The first kappa shape index (κ1) is 19.7. The molecule has 1 aromatic carbocycles. The summed E-state index contributed by atoms with van der Waals surface area (Å²) in [6.45, 7) is 7.89. The Labute approximate surface area is 169 Å². The van der Waals surface area contributed by atoms with Crippen LogP contribution in [0.1, 0.15) is 53.0 Å². The van der Waals surface area contributed by atoms with Gasteiger partial charge in [-0.25, -0.2) is 0 Å². The number of nitrogens with zero attached hydrogens (tertiary/aromatic N) is 2. The molecule has 1 aromatic rings. The van der Waals surface area contributed by atoms with Crippen molar-refractivity contribution in [1.82, 2.24) is 20.4 Å². The lowest BCUT2D eigenvalue weighted by atomic mass is 10.0. The highest BCUT2D eigenvalue weighted by molar-refractivity contribution is 6.23. The minimum absolute atomic E-state index is 0.120. The number of amides is 4. The second-order valence-corrected chi connectivity index (χ2v) is 8.37. The molecular weight excluding hydrogens is 372 g/mol. The number of hydrogen-bond acceptors (Lipinski definition) is 6. The fraction of sp³-hybridized carbons (Fsp3) is 0.524. The maximum absolute atomic E-state index is 12.9. The molecule has 2 fully saturated rings. The molecule has 0 aromatic heterocycles. The van der Waals surface area contributed by atoms with Crippen LogP contribution in [0.4, 0.5) is 0 Å². The molecule has 8 nitrogen and oxygen atoms in total. The number of piperidine rings is 1. The summed E-state index contributed by atoms with van der Waals surface area (Å²) in [7, 11) is 0. The average molecular weight is 398 g/mol. The summed E-state index contributed by atoms with van der Waals surface area (Å²) in [6.07, 6.45) is 0.287. The lowest BCUT2D eigenvalue weighted by Crippen LogP contribution is -2.54. The second-order valence-electron chi connectivity index (χ2n) is 8.37. The zero-order chi connectivity index (χ0) is 20.7. The summed E-state index contributed by atoms with van der Waals surface area (Å²) in [5.74, 6) is -1.34. The Morgan fingerprint density at radius 1 is 1.10 bits per heavy atom. The summed E-state index contributed by atoms with van der Waals surface area (Å²) in [5, 5.41) is 5.75. The summed E-state index contributed by atoms with van der Waals surface area (Å²) in [6, 6.07) is 4.84. The third-order valence-electron chi connectivity index (χ3n) is 6.00. The van der Waals surface area contributed by atoms with Gasteiger partial charge in [-0.1, -0.05) is 19.9 Å². The van der Waals surface area contributed by atoms with Crippen molar-refractivity contribution in [3.8, 4) is 0 Å². The van der Waals surface area contributed by atoms with E-state index in [0.29, 0.717) is 29.6 Å². The van der Waals surface area contributed by atoms with E-state index in [2.05, 4.69) is 29.4 Å². The summed E-state index contributed by atoms with van der Waals surface area (Å²) in [4.78, 5) is 52.6. The van der Waals surface area contributed by atoms with E-state index in [1.807, 2.05) is 6.07 Å². The van der Waals surface area contributed by atoms with Crippen molar-refractivity contribution in [1.29, 1.82) is 0 Å². The number of benzene rings is 1. The number of fused-ring (bicyclic) bond motifs is 1. The van der Waals surface area contributed by atoms with Gasteiger partial charge in [0.15, 0.2) is 0 Å². The van der Waals surface area contributed by atoms with Crippen molar-refractivity contribution in [2.75, 3.05) is 19.6 Å². The molecule has 3 aliphatic rings. The summed E-state index contributed by atoms with van der Waals surface area (Å²) < 4.78 is 0. The highest BCUT2D eigenvalue weighted by Crippen LogP contribution is 2.28. The van der Waals surface area contributed by atoms with Crippen LogP contribution in [-0.4, -0.2) is 65.1 Å². The molecule has 3 heterocycles. The first-order valence-electron chi connectivity index (χ1n) is 10.2. The fourth-order valence-electron chi connectivity index (χ4n) is 4.31. The Hall–Kier alpha value is -2.58. The largest absolute Gasteiger partial charge is 0.311 e. The van der Waals surface area contributed by atoms with Crippen LogP contribution in [0, 0.1) is 5.92 Å². The van der Waals surface area contributed by atoms with Gasteiger partial charge < -0.3 is 5.32 Å².